The number of carbonyl (C=O) groups excluding carboxylic acids is 1. The molecule has 2 aromatic rings. The summed E-state index contributed by atoms with van der Waals surface area (Å²) < 4.78 is 5.69. The third-order valence-electron chi connectivity index (χ3n) is 2.93. The summed E-state index contributed by atoms with van der Waals surface area (Å²) in [7, 11) is 0. The van der Waals surface area contributed by atoms with Crippen LogP contribution in [0.4, 0.5) is 0 Å². The zero-order valence-electron chi connectivity index (χ0n) is 10.9. The van der Waals surface area contributed by atoms with Crippen molar-refractivity contribution in [3.8, 4) is 5.75 Å². The van der Waals surface area contributed by atoms with Gasteiger partial charge in [-0.3, -0.25) is 4.79 Å². The molecule has 0 unspecified atom stereocenters. The van der Waals surface area contributed by atoms with Gasteiger partial charge in [-0.25, -0.2) is 0 Å². The van der Waals surface area contributed by atoms with Gasteiger partial charge in [-0.1, -0.05) is 29.8 Å². The molecule has 0 amide bonds. The van der Waals surface area contributed by atoms with Gasteiger partial charge in [0.2, 0.25) is 0 Å². The normalized spacial score (nSPS) is 10.3. The maximum atomic E-state index is 11.3. The second kappa shape index (κ2) is 5.89. The van der Waals surface area contributed by atoms with E-state index in [0.29, 0.717) is 11.6 Å². The molecule has 0 spiro atoms. The number of rotatable bonds is 4. The number of halogens is 1. The maximum Gasteiger partial charge on any atom is 0.160 e. The van der Waals surface area contributed by atoms with Crippen LogP contribution in [0.1, 0.15) is 28.4 Å². The Morgan fingerprint density at radius 2 is 1.95 bits per heavy atom. The van der Waals surface area contributed by atoms with Crippen LogP contribution in [0.5, 0.6) is 5.75 Å². The Bertz CT molecular complexity index is 605. The highest BCUT2D eigenvalue weighted by molar-refractivity contribution is 6.31. The van der Waals surface area contributed by atoms with Crippen LogP contribution in [0.3, 0.4) is 0 Å². The number of ketones is 1. The molecule has 2 rings (SSSR count). The summed E-state index contributed by atoms with van der Waals surface area (Å²) in [4.78, 5) is 11.3. The average Bonchev–Trinajstić information content (AvgIpc) is 2.37. The molecule has 0 aliphatic rings. The van der Waals surface area contributed by atoms with Crippen molar-refractivity contribution in [2.75, 3.05) is 0 Å². The molecule has 0 fully saturated rings. The molecule has 0 aliphatic heterocycles. The van der Waals surface area contributed by atoms with Crippen LogP contribution >= 0.6 is 11.6 Å². The average molecular weight is 275 g/mol. The van der Waals surface area contributed by atoms with Crippen LogP contribution in [-0.2, 0) is 6.61 Å². The summed E-state index contributed by atoms with van der Waals surface area (Å²) in [5.41, 5.74) is 2.59. The summed E-state index contributed by atoms with van der Waals surface area (Å²) in [6.45, 7) is 3.88. The van der Waals surface area contributed by atoms with Crippen molar-refractivity contribution in [1.82, 2.24) is 0 Å². The van der Waals surface area contributed by atoms with Gasteiger partial charge >= 0.3 is 0 Å². The van der Waals surface area contributed by atoms with Crippen LogP contribution in [0.15, 0.2) is 42.5 Å². The molecule has 3 heteroatoms. The van der Waals surface area contributed by atoms with Gasteiger partial charge < -0.3 is 4.74 Å². The number of ether oxygens (including phenoxy) is 1. The SMILES string of the molecule is CC(=O)c1ccc(OCc2ccccc2Cl)cc1C. The second-order valence-electron chi connectivity index (χ2n) is 4.41. The van der Waals surface area contributed by atoms with Gasteiger partial charge in [-0.15, -0.1) is 0 Å². The minimum Gasteiger partial charge on any atom is -0.489 e. The van der Waals surface area contributed by atoms with E-state index in [1.54, 1.807) is 19.1 Å². The van der Waals surface area contributed by atoms with Gasteiger partial charge in [0, 0.05) is 16.1 Å². The third kappa shape index (κ3) is 3.36. The highest BCUT2D eigenvalue weighted by Crippen LogP contribution is 2.21. The lowest BCUT2D eigenvalue weighted by Gasteiger charge is -2.09. The zero-order valence-corrected chi connectivity index (χ0v) is 11.7. The van der Waals surface area contributed by atoms with E-state index in [-0.39, 0.29) is 5.78 Å². The molecule has 0 atom stereocenters. The van der Waals surface area contributed by atoms with Crippen molar-refractivity contribution in [2.24, 2.45) is 0 Å². The predicted octanol–water partition coefficient (Wildman–Crippen LogP) is 4.43. The topological polar surface area (TPSA) is 26.3 Å². The second-order valence-corrected chi connectivity index (χ2v) is 4.82. The quantitative estimate of drug-likeness (QED) is 0.771. The Kier molecular flexibility index (Phi) is 4.23. The van der Waals surface area contributed by atoms with E-state index in [4.69, 9.17) is 16.3 Å². The van der Waals surface area contributed by atoms with E-state index >= 15 is 0 Å². The van der Waals surface area contributed by atoms with Crippen molar-refractivity contribution in [2.45, 2.75) is 20.5 Å². The van der Waals surface area contributed by atoms with Crippen molar-refractivity contribution in [3.63, 3.8) is 0 Å². The van der Waals surface area contributed by atoms with Crippen LogP contribution in [-0.4, -0.2) is 5.78 Å². The van der Waals surface area contributed by atoms with Crippen molar-refractivity contribution >= 4 is 17.4 Å². The molecule has 0 N–H and O–H groups in total. The minimum atomic E-state index is 0.0650. The van der Waals surface area contributed by atoms with Gasteiger partial charge in [-0.05, 0) is 43.7 Å². The third-order valence-corrected chi connectivity index (χ3v) is 3.30. The first kappa shape index (κ1) is 13.6. The number of carbonyl (C=O) groups is 1. The zero-order chi connectivity index (χ0) is 13.8. The van der Waals surface area contributed by atoms with Crippen LogP contribution in [0, 0.1) is 6.92 Å². The Labute approximate surface area is 118 Å². The number of Topliss-reactive ketones (excluding diaryl/α,β-unsaturated/α-hetero) is 1. The monoisotopic (exact) mass is 274 g/mol. The first-order valence-corrected chi connectivity index (χ1v) is 6.43. The summed E-state index contributed by atoms with van der Waals surface area (Å²) in [5, 5.41) is 0.694. The highest BCUT2D eigenvalue weighted by Gasteiger charge is 2.06. The van der Waals surface area contributed by atoms with Gasteiger partial charge in [0.1, 0.15) is 12.4 Å². The highest BCUT2D eigenvalue weighted by atomic mass is 35.5. The summed E-state index contributed by atoms with van der Waals surface area (Å²) in [6, 6.07) is 13.0. The first-order chi connectivity index (χ1) is 9.08. The predicted molar refractivity (Wildman–Crippen MR) is 77.0 cm³/mol. The fraction of sp³-hybridized carbons (Fsp3) is 0.188. The number of benzene rings is 2. The van der Waals surface area contributed by atoms with Gasteiger partial charge in [0.05, 0.1) is 0 Å². The van der Waals surface area contributed by atoms with Gasteiger partial charge in [-0.2, -0.15) is 0 Å². The Morgan fingerprint density at radius 1 is 1.21 bits per heavy atom. The Balaban J connectivity index is 2.11. The molecule has 0 radical (unpaired) electrons. The lowest BCUT2D eigenvalue weighted by Crippen LogP contribution is -1.99. The van der Waals surface area contributed by atoms with E-state index in [9.17, 15) is 4.79 Å². The molecule has 98 valence electrons. The standard InChI is InChI=1S/C16H15ClO2/c1-11-9-14(7-8-15(11)12(2)18)19-10-13-5-3-4-6-16(13)17/h3-9H,10H2,1-2H3. The van der Waals surface area contributed by atoms with Gasteiger partial charge in [0.25, 0.3) is 0 Å². The smallest absolute Gasteiger partial charge is 0.160 e. The fourth-order valence-corrected chi connectivity index (χ4v) is 2.09. The molecule has 0 heterocycles. The number of aryl methyl sites for hydroxylation is 1. The number of hydrogen-bond acceptors (Lipinski definition) is 2. The van der Waals surface area contributed by atoms with E-state index < -0.39 is 0 Å². The summed E-state index contributed by atoms with van der Waals surface area (Å²) in [6.07, 6.45) is 0. The molecule has 0 bridgehead atoms. The summed E-state index contributed by atoms with van der Waals surface area (Å²) in [5.74, 6) is 0.803. The fourth-order valence-electron chi connectivity index (χ4n) is 1.90. The molecular formula is C16H15ClO2. The van der Waals surface area contributed by atoms with Gasteiger partial charge in [0.15, 0.2) is 5.78 Å². The van der Waals surface area contributed by atoms with Crippen LogP contribution < -0.4 is 4.74 Å². The molecule has 0 saturated heterocycles. The summed E-state index contributed by atoms with van der Waals surface area (Å²) >= 11 is 6.06. The Hall–Kier alpha value is -1.80. The van der Waals surface area contributed by atoms with Crippen molar-refractivity contribution in [1.29, 1.82) is 0 Å². The van der Waals surface area contributed by atoms with E-state index in [2.05, 4.69) is 0 Å². The maximum absolute atomic E-state index is 11.3. The molecule has 2 aromatic carbocycles. The molecular weight excluding hydrogens is 260 g/mol. The lowest BCUT2D eigenvalue weighted by atomic mass is 10.1. The molecule has 0 aromatic heterocycles. The molecule has 2 nitrogen and oxygen atoms in total. The van der Waals surface area contributed by atoms with Crippen molar-refractivity contribution in [3.05, 3.63) is 64.2 Å². The lowest BCUT2D eigenvalue weighted by molar-refractivity contribution is 0.101. The minimum absolute atomic E-state index is 0.0650. The molecule has 0 aliphatic carbocycles. The van der Waals surface area contributed by atoms with E-state index in [1.165, 1.54) is 0 Å². The molecule has 0 saturated carbocycles. The van der Waals surface area contributed by atoms with Crippen molar-refractivity contribution < 1.29 is 9.53 Å². The van der Waals surface area contributed by atoms with Crippen LogP contribution in [0.25, 0.3) is 0 Å². The number of hydrogen-bond donors (Lipinski definition) is 0. The first-order valence-electron chi connectivity index (χ1n) is 6.05. The van der Waals surface area contributed by atoms with E-state index in [0.717, 1.165) is 22.4 Å². The Morgan fingerprint density at radius 3 is 2.58 bits per heavy atom. The van der Waals surface area contributed by atoms with Crippen LogP contribution in [0.2, 0.25) is 5.02 Å². The van der Waals surface area contributed by atoms with E-state index in [1.807, 2.05) is 37.3 Å². The largest absolute Gasteiger partial charge is 0.489 e. The molecule has 19 heavy (non-hydrogen) atoms.